The van der Waals surface area contributed by atoms with Gasteiger partial charge in [0, 0.05) is 39.3 Å². The van der Waals surface area contributed by atoms with Crippen LogP contribution in [-0.4, -0.2) is 87.8 Å². The highest BCUT2D eigenvalue weighted by molar-refractivity contribution is 5.93. The summed E-state index contributed by atoms with van der Waals surface area (Å²) in [6, 6.07) is 0. The Hall–Kier alpha value is -2.93. The number of methoxy groups -OCH3 is 1. The number of allylic oxidation sites excluding steroid dienone is 4. The van der Waals surface area contributed by atoms with Gasteiger partial charge in [-0.15, -0.1) is 0 Å². The van der Waals surface area contributed by atoms with Gasteiger partial charge in [0.25, 0.3) is 0 Å². The predicted octanol–water partition coefficient (Wildman–Crippen LogP) is 3.91. The van der Waals surface area contributed by atoms with Gasteiger partial charge in [0.2, 0.25) is 5.79 Å². The summed E-state index contributed by atoms with van der Waals surface area (Å²) in [5, 5.41) is 20.8. The van der Waals surface area contributed by atoms with E-state index in [9.17, 15) is 19.8 Å². The molecule has 5 rings (SSSR count). The van der Waals surface area contributed by atoms with E-state index in [1.807, 2.05) is 36.9 Å². The first kappa shape index (κ1) is 35.4. The number of aryl methyl sites for hydroxylation is 1. The molecule has 1 aromatic heterocycles. The highest BCUT2D eigenvalue weighted by Crippen LogP contribution is 2.51. The summed E-state index contributed by atoms with van der Waals surface area (Å²) in [7, 11) is 3.47. The maximum Gasteiger partial charge on any atom is 0.303 e. The number of ketones is 1. The number of aliphatic hydroxyl groups is 2. The fourth-order valence-electron chi connectivity index (χ4n) is 7.57. The van der Waals surface area contributed by atoms with Gasteiger partial charge < -0.3 is 38.5 Å². The molecule has 4 aliphatic rings. The number of hydrogen-bond acceptors (Lipinski definition) is 10. The molecular formula is C36H50N2O9. The van der Waals surface area contributed by atoms with E-state index in [1.54, 1.807) is 25.6 Å². The Kier molecular flexibility index (Phi) is 10.7. The Balaban J connectivity index is 1.49. The van der Waals surface area contributed by atoms with Gasteiger partial charge in [0.05, 0.1) is 30.8 Å². The van der Waals surface area contributed by atoms with Crippen LogP contribution in [0.25, 0.3) is 6.08 Å². The lowest BCUT2D eigenvalue weighted by atomic mass is 9.63. The van der Waals surface area contributed by atoms with Crippen LogP contribution >= 0.6 is 0 Å². The molecule has 1 fully saturated rings. The smallest absolute Gasteiger partial charge is 0.303 e. The van der Waals surface area contributed by atoms with Gasteiger partial charge in [0.1, 0.15) is 12.2 Å². The maximum absolute atomic E-state index is 13.5. The minimum absolute atomic E-state index is 0.00864. The zero-order chi connectivity index (χ0) is 34.1. The SMILES string of the molecule is CO[C@]12C=C[C@](C)(O1)[C@@H](CC(=O)/C=C/c1cn(C)cn1)C[C@H]1C(C)=CC[C@H](C(C)C)[C@H]1/C=C\2CO[C@@H]1OC[C@@H](O)[C@@H](O)[C@@H]1OC(C)=O. The fraction of sp³-hybridized carbons (Fsp3) is 0.639. The number of nitrogens with zero attached hydrogens (tertiary/aromatic N) is 2. The van der Waals surface area contributed by atoms with Crippen LogP contribution in [0, 0.1) is 29.6 Å². The van der Waals surface area contributed by atoms with Crippen LogP contribution < -0.4 is 0 Å². The first-order chi connectivity index (χ1) is 22.2. The molecule has 0 amide bonds. The standard InChI is InChI=1S/C36H50N2O9/c1-21(2)28-11-8-22(3)29-15-24(14-27(40)10-9-26-17-38(6)20-37-26)35(5)12-13-36(43-7,47-35)25(16-30(28)29)18-44-34-33(46-23(4)39)32(42)31(41)19-45-34/h8-10,12-13,16-17,20-21,24,28-34,41-42H,11,14-15,18-19H2,1-7H3/b10-9+,25-16-/t24-,28+,29-,30+,31+,32+,33-,34+,35-,36+/m0/s1. The summed E-state index contributed by atoms with van der Waals surface area (Å²) >= 11 is 0. The van der Waals surface area contributed by atoms with Crippen LogP contribution in [0.15, 0.2) is 54.1 Å². The molecule has 3 aliphatic heterocycles. The van der Waals surface area contributed by atoms with E-state index in [0.29, 0.717) is 17.4 Å². The first-order valence-electron chi connectivity index (χ1n) is 16.5. The van der Waals surface area contributed by atoms with Crippen molar-refractivity contribution >= 4 is 17.8 Å². The number of hydrogen-bond donors (Lipinski definition) is 2. The number of carbonyl (C=O) groups is 2. The Morgan fingerprint density at radius 2 is 2.02 bits per heavy atom. The van der Waals surface area contributed by atoms with E-state index >= 15 is 0 Å². The van der Waals surface area contributed by atoms with E-state index in [0.717, 1.165) is 18.5 Å². The molecule has 0 saturated carbocycles. The highest BCUT2D eigenvalue weighted by Gasteiger charge is 2.53. The van der Waals surface area contributed by atoms with E-state index in [1.165, 1.54) is 12.5 Å². The second kappa shape index (κ2) is 14.3. The van der Waals surface area contributed by atoms with Crippen LogP contribution in [0.5, 0.6) is 0 Å². The molecule has 1 aromatic rings. The summed E-state index contributed by atoms with van der Waals surface area (Å²) in [5.41, 5.74) is 1.87. The van der Waals surface area contributed by atoms with Gasteiger partial charge in [-0.3, -0.25) is 9.59 Å². The molecule has 0 spiro atoms. The largest absolute Gasteiger partial charge is 0.454 e. The lowest BCUT2D eigenvalue weighted by Gasteiger charge is -2.41. The summed E-state index contributed by atoms with van der Waals surface area (Å²) in [4.78, 5) is 29.7. The molecule has 4 heterocycles. The topological polar surface area (TPSA) is 139 Å². The minimum atomic E-state index is -1.37. The van der Waals surface area contributed by atoms with E-state index in [4.69, 9.17) is 23.7 Å². The van der Waals surface area contributed by atoms with Crippen molar-refractivity contribution in [3.05, 3.63) is 59.7 Å². The third-order valence-corrected chi connectivity index (χ3v) is 10.4. The molecule has 47 heavy (non-hydrogen) atoms. The fourth-order valence-corrected chi connectivity index (χ4v) is 7.57. The lowest BCUT2D eigenvalue weighted by Crippen LogP contribution is -2.55. The quantitative estimate of drug-likeness (QED) is 0.217. The summed E-state index contributed by atoms with van der Waals surface area (Å²) in [6.45, 7) is 9.67. The zero-order valence-electron chi connectivity index (χ0n) is 28.5. The second-order valence-corrected chi connectivity index (χ2v) is 14.0. The molecule has 10 atom stereocenters. The van der Waals surface area contributed by atoms with E-state index < -0.39 is 42.0 Å². The third kappa shape index (κ3) is 7.55. The van der Waals surface area contributed by atoms with Crippen LogP contribution in [-0.2, 0) is 40.3 Å². The first-order valence-corrected chi connectivity index (χ1v) is 16.5. The highest BCUT2D eigenvalue weighted by atomic mass is 16.7. The number of carbonyl (C=O) groups excluding carboxylic acids is 2. The van der Waals surface area contributed by atoms with Crippen molar-refractivity contribution in [1.82, 2.24) is 9.55 Å². The summed E-state index contributed by atoms with van der Waals surface area (Å²) in [6.07, 6.45) is 12.3. The monoisotopic (exact) mass is 654 g/mol. The van der Waals surface area contributed by atoms with Crippen LogP contribution in [0.1, 0.15) is 59.6 Å². The Bertz CT molecular complexity index is 1430. The molecule has 0 unspecified atom stereocenters. The van der Waals surface area contributed by atoms with Gasteiger partial charge in [-0.1, -0.05) is 37.6 Å². The molecule has 2 N–H and O–H groups in total. The number of rotatable bonds is 10. The van der Waals surface area contributed by atoms with Crippen molar-refractivity contribution in [2.45, 2.75) is 89.9 Å². The van der Waals surface area contributed by atoms with Crippen molar-refractivity contribution in [3.8, 4) is 0 Å². The van der Waals surface area contributed by atoms with Gasteiger partial charge in [-0.2, -0.15) is 0 Å². The Labute approximate surface area is 277 Å². The minimum Gasteiger partial charge on any atom is -0.454 e. The maximum atomic E-state index is 13.5. The zero-order valence-corrected chi connectivity index (χ0v) is 28.5. The molecule has 2 bridgehead atoms. The van der Waals surface area contributed by atoms with Crippen molar-refractivity contribution in [1.29, 1.82) is 0 Å². The van der Waals surface area contributed by atoms with E-state index in [2.05, 4.69) is 37.9 Å². The van der Waals surface area contributed by atoms with Crippen LogP contribution in [0.2, 0.25) is 0 Å². The number of ether oxygens (including phenoxy) is 5. The molecule has 11 nitrogen and oxygen atoms in total. The average Bonchev–Trinajstić information content (AvgIpc) is 3.61. The molecule has 0 radical (unpaired) electrons. The molecule has 1 saturated heterocycles. The van der Waals surface area contributed by atoms with Crippen LogP contribution in [0.3, 0.4) is 0 Å². The second-order valence-electron chi connectivity index (χ2n) is 14.0. The molecular weight excluding hydrogens is 604 g/mol. The van der Waals surface area contributed by atoms with Gasteiger partial charge in [-0.25, -0.2) is 4.98 Å². The molecule has 11 heteroatoms. The predicted molar refractivity (Wildman–Crippen MR) is 173 cm³/mol. The van der Waals surface area contributed by atoms with Gasteiger partial charge in [0.15, 0.2) is 18.2 Å². The van der Waals surface area contributed by atoms with Gasteiger partial charge in [-0.05, 0) is 74.5 Å². The van der Waals surface area contributed by atoms with Crippen molar-refractivity contribution in [3.63, 3.8) is 0 Å². The Morgan fingerprint density at radius 1 is 1.26 bits per heavy atom. The van der Waals surface area contributed by atoms with Gasteiger partial charge >= 0.3 is 5.97 Å². The van der Waals surface area contributed by atoms with Crippen molar-refractivity contribution in [2.24, 2.45) is 36.6 Å². The number of fused-ring (bicyclic) bond motifs is 3. The molecule has 258 valence electrons. The number of esters is 1. The number of aromatic nitrogens is 2. The normalized spacial score (nSPS) is 38.3. The lowest BCUT2D eigenvalue weighted by molar-refractivity contribution is -0.276. The van der Waals surface area contributed by atoms with Crippen molar-refractivity contribution < 1.29 is 43.5 Å². The average molecular weight is 655 g/mol. The van der Waals surface area contributed by atoms with E-state index in [-0.39, 0.29) is 43.2 Å². The molecule has 0 aromatic carbocycles. The Morgan fingerprint density at radius 3 is 2.68 bits per heavy atom. The van der Waals surface area contributed by atoms with Crippen molar-refractivity contribution in [2.75, 3.05) is 20.3 Å². The number of aliphatic hydroxyl groups excluding tert-OH is 2. The molecule has 1 aliphatic carbocycles. The van der Waals surface area contributed by atoms with Crippen LogP contribution in [0.4, 0.5) is 0 Å². The number of imidazole rings is 1. The summed E-state index contributed by atoms with van der Waals surface area (Å²) in [5.74, 6) is -1.17. The summed E-state index contributed by atoms with van der Waals surface area (Å²) < 4.78 is 32.2. The third-order valence-electron chi connectivity index (χ3n) is 10.4.